The van der Waals surface area contributed by atoms with Crippen LogP contribution in [-0.2, 0) is 10.3 Å². The summed E-state index contributed by atoms with van der Waals surface area (Å²) in [6.45, 7) is 6.26. The Hall–Kier alpha value is -1.95. The lowest BCUT2D eigenvalue weighted by Gasteiger charge is -2.23. The zero-order valence-electron chi connectivity index (χ0n) is 11.8. The van der Waals surface area contributed by atoms with E-state index < -0.39 is 11.4 Å². The SMILES string of the molecule is CCOC(C)(CC)c1noc(-c2cc(N)ccc2F)n1. The Kier molecular flexibility index (Phi) is 4.04. The van der Waals surface area contributed by atoms with Gasteiger partial charge in [0.2, 0.25) is 5.82 Å². The zero-order chi connectivity index (χ0) is 14.8. The van der Waals surface area contributed by atoms with Crippen LogP contribution in [0.2, 0.25) is 0 Å². The molecule has 0 spiro atoms. The molecule has 5 nitrogen and oxygen atoms in total. The maximum absolute atomic E-state index is 13.8. The lowest BCUT2D eigenvalue weighted by molar-refractivity contribution is -0.0403. The first-order valence-corrected chi connectivity index (χ1v) is 6.53. The molecule has 0 radical (unpaired) electrons. The Labute approximate surface area is 116 Å². The number of nitrogens with zero attached hydrogens (tertiary/aromatic N) is 2. The summed E-state index contributed by atoms with van der Waals surface area (Å²) in [6, 6.07) is 4.22. The van der Waals surface area contributed by atoms with Gasteiger partial charge in [0.1, 0.15) is 11.4 Å². The molecule has 2 rings (SSSR count). The van der Waals surface area contributed by atoms with Gasteiger partial charge >= 0.3 is 0 Å². The molecule has 1 aromatic carbocycles. The molecule has 0 aliphatic rings. The summed E-state index contributed by atoms with van der Waals surface area (Å²) in [5.74, 6) is 0.0480. The van der Waals surface area contributed by atoms with Crippen LogP contribution in [0, 0.1) is 5.82 Å². The van der Waals surface area contributed by atoms with Gasteiger partial charge in [-0.15, -0.1) is 0 Å². The van der Waals surface area contributed by atoms with Gasteiger partial charge in [0.25, 0.3) is 5.89 Å². The van der Waals surface area contributed by atoms with Gasteiger partial charge in [0, 0.05) is 12.3 Å². The smallest absolute Gasteiger partial charge is 0.261 e. The minimum absolute atomic E-state index is 0.101. The number of nitrogens with two attached hydrogens (primary N) is 1. The van der Waals surface area contributed by atoms with Crippen molar-refractivity contribution in [1.29, 1.82) is 0 Å². The van der Waals surface area contributed by atoms with Crippen molar-refractivity contribution in [3.05, 3.63) is 29.8 Å². The summed E-state index contributed by atoms with van der Waals surface area (Å²) in [4.78, 5) is 4.25. The summed E-state index contributed by atoms with van der Waals surface area (Å²) in [6.07, 6.45) is 0.680. The first kappa shape index (κ1) is 14.5. The highest BCUT2D eigenvalue weighted by molar-refractivity contribution is 5.60. The quantitative estimate of drug-likeness (QED) is 0.851. The molecule has 1 heterocycles. The number of hydrogen-bond acceptors (Lipinski definition) is 5. The number of hydrogen-bond donors (Lipinski definition) is 1. The van der Waals surface area contributed by atoms with Crippen molar-refractivity contribution in [2.75, 3.05) is 12.3 Å². The number of rotatable bonds is 5. The van der Waals surface area contributed by atoms with Crippen LogP contribution in [0.1, 0.15) is 33.0 Å². The van der Waals surface area contributed by atoms with Gasteiger partial charge < -0.3 is 15.0 Å². The topological polar surface area (TPSA) is 74.2 Å². The van der Waals surface area contributed by atoms with Gasteiger partial charge in [-0.3, -0.25) is 0 Å². The van der Waals surface area contributed by atoms with E-state index in [1.165, 1.54) is 18.2 Å². The summed E-state index contributed by atoms with van der Waals surface area (Å²) in [7, 11) is 0. The predicted molar refractivity (Wildman–Crippen MR) is 73.4 cm³/mol. The molecular weight excluding hydrogens is 261 g/mol. The van der Waals surface area contributed by atoms with Crippen molar-refractivity contribution in [3.8, 4) is 11.5 Å². The molecular formula is C14H18FN3O2. The van der Waals surface area contributed by atoms with E-state index in [9.17, 15) is 4.39 Å². The van der Waals surface area contributed by atoms with Gasteiger partial charge in [-0.05, 0) is 38.5 Å². The second-order valence-electron chi connectivity index (χ2n) is 4.68. The fraction of sp³-hybridized carbons (Fsp3) is 0.429. The lowest BCUT2D eigenvalue weighted by atomic mass is 10.0. The van der Waals surface area contributed by atoms with Gasteiger partial charge in [-0.1, -0.05) is 12.1 Å². The molecule has 20 heavy (non-hydrogen) atoms. The van der Waals surface area contributed by atoms with Crippen molar-refractivity contribution in [2.45, 2.75) is 32.8 Å². The first-order valence-electron chi connectivity index (χ1n) is 6.53. The third-order valence-corrected chi connectivity index (χ3v) is 3.26. The van der Waals surface area contributed by atoms with E-state index in [4.69, 9.17) is 15.0 Å². The maximum atomic E-state index is 13.8. The van der Waals surface area contributed by atoms with Crippen molar-refractivity contribution in [3.63, 3.8) is 0 Å². The number of ether oxygens (including phenoxy) is 1. The molecule has 2 N–H and O–H groups in total. The van der Waals surface area contributed by atoms with Crippen LogP contribution in [0.4, 0.5) is 10.1 Å². The van der Waals surface area contributed by atoms with E-state index in [2.05, 4.69) is 10.1 Å². The van der Waals surface area contributed by atoms with E-state index in [0.717, 1.165) is 0 Å². The lowest BCUT2D eigenvalue weighted by Crippen LogP contribution is -2.26. The first-order chi connectivity index (χ1) is 9.50. The van der Waals surface area contributed by atoms with Crippen LogP contribution in [-0.4, -0.2) is 16.7 Å². The molecule has 0 saturated carbocycles. The summed E-state index contributed by atoms with van der Waals surface area (Å²) in [5.41, 5.74) is 5.63. The minimum Gasteiger partial charge on any atom is -0.399 e. The Morgan fingerprint density at radius 2 is 2.15 bits per heavy atom. The molecule has 108 valence electrons. The van der Waals surface area contributed by atoms with Crippen LogP contribution in [0.3, 0.4) is 0 Å². The molecule has 0 bridgehead atoms. The Morgan fingerprint density at radius 1 is 1.40 bits per heavy atom. The molecule has 0 aliphatic carbocycles. The highest BCUT2D eigenvalue weighted by Gasteiger charge is 2.31. The van der Waals surface area contributed by atoms with E-state index in [1.54, 1.807) is 0 Å². The second kappa shape index (κ2) is 5.58. The Bertz CT molecular complexity index is 600. The minimum atomic E-state index is -0.646. The zero-order valence-corrected chi connectivity index (χ0v) is 11.8. The predicted octanol–water partition coefficient (Wildman–Crippen LogP) is 3.12. The second-order valence-corrected chi connectivity index (χ2v) is 4.68. The number of anilines is 1. The average molecular weight is 279 g/mol. The van der Waals surface area contributed by atoms with Gasteiger partial charge in [0.05, 0.1) is 5.56 Å². The standard InChI is InChI=1S/C14H18FN3O2/c1-4-14(3,19-5-2)13-17-12(20-18-13)10-8-9(16)6-7-11(10)15/h6-8H,4-5,16H2,1-3H3. The van der Waals surface area contributed by atoms with Gasteiger partial charge in [-0.25, -0.2) is 4.39 Å². The summed E-state index contributed by atoms with van der Waals surface area (Å²) in [5, 5.41) is 3.91. The Morgan fingerprint density at radius 3 is 2.80 bits per heavy atom. The number of halogens is 1. The Balaban J connectivity index is 2.40. The monoisotopic (exact) mass is 279 g/mol. The van der Waals surface area contributed by atoms with E-state index in [1.807, 2.05) is 20.8 Å². The number of benzene rings is 1. The molecule has 0 aliphatic heterocycles. The fourth-order valence-corrected chi connectivity index (χ4v) is 1.90. The molecule has 2 aromatic rings. The van der Waals surface area contributed by atoms with Crippen LogP contribution >= 0.6 is 0 Å². The van der Waals surface area contributed by atoms with Crippen molar-refractivity contribution in [1.82, 2.24) is 10.1 Å². The third-order valence-electron chi connectivity index (χ3n) is 3.26. The molecule has 0 saturated heterocycles. The normalized spacial score (nSPS) is 14.2. The van der Waals surface area contributed by atoms with E-state index >= 15 is 0 Å². The summed E-state index contributed by atoms with van der Waals surface area (Å²) < 4.78 is 24.6. The third kappa shape index (κ3) is 2.65. The molecule has 6 heteroatoms. The molecule has 0 amide bonds. The van der Waals surface area contributed by atoms with Crippen molar-refractivity contribution >= 4 is 5.69 Å². The van der Waals surface area contributed by atoms with E-state index in [0.29, 0.717) is 24.5 Å². The molecule has 1 atom stereocenters. The largest absolute Gasteiger partial charge is 0.399 e. The summed E-state index contributed by atoms with van der Waals surface area (Å²) >= 11 is 0. The van der Waals surface area contributed by atoms with E-state index in [-0.39, 0.29) is 11.5 Å². The highest BCUT2D eigenvalue weighted by atomic mass is 19.1. The molecule has 0 fully saturated rings. The van der Waals surface area contributed by atoms with Gasteiger partial charge in [-0.2, -0.15) is 4.98 Å². The maximum Gasteiger partial charge on any atom is 0.261 e. The van der Waals surface area contributed by atoms with Crippen LogP contribution in [0.15, 0.2) is 22.7 Å². The van der Waals surface area contributed by atoms with Crippen molar-refractivity contribution in [2.24, 2.45) is 0 Å². The van der Waals surface area contributed by atoms with Crippen LogP contribution < -0.4 is 5.73 Å². The average Bonchev–Trinajstić information content (AvgIpc) is 2.92. The van der Waals surface area contributed by atoms with Crippen molar-refractivity contribution < 1.29 is 13.7 Å². The highest BCUT2D eigenvalue weighted by Crippen LogP contribution is 2.30. The van der Waals surface area contributed by atoms with Crippen LogP contribution in [0.25, 0.3) is 11.5 Å². The number of nitrogen functional groups attached to an aromatic ring is 1. The number of aromatic nitrogens is 2. The van der Waals surface area contributed by atoms with Gasteiger partial charge in [0.15, 0.2) is 0 Å². The molecule has 1 unspecified atom stereocenters. The fourth-order valence-electron chi connectivity index (χ4n) is 1.90. The van der Waals surface area contributed by atoms with Crippen LogP contribution in [0.5, 0.6) is 0 Å². The molecule has 1 aromatic heterocycles.